The first-order valence-corrected chi connectivity index (χ1v) is 6.24. The molecule has 1 aromatic rings. The van der Waals surface area contributed by atoms with Gasteiger partial charge in [-0.1, -0.05) is 24.6 Å². The maximum absolute atomic E-state index is 13.4. The van der Waals surface area contributed by atoms with Gasteiger partial charge in [0.05, 0.1) is 23.5 Å². The zero-order valence-electron chi connectivity index (χ0n) is 10.8. The molecule has 1 rings (SSSR count). The summed E-state index contributed by atoms with van der Waals surface area (Å²) < 4.78 is 56.5. The maximum atomic E-state index is 13.4. The molecule has 2 nitrogen and oxygen atoms in total. The highest BCUT2D eigenvalue weighted by molar-refractivity contribution is 6.30. The average Bonchev–Trinajstić information content (AvgIpc) is 2.33. The fourth-order valence-electron chi connectivity index (χ4n) is 1.76. The van der Waals surface area contributed by atoms with E-state index in [0.29, 0.717) is 0 Å². The van der Waals surface area contributed by atoms with E-state index in [1.807, 2.05) is 0 Å². The van der Waals surface area contributed by atoms with Gasteiger partial charge >= 0.3 is 12.1 Å². The van der Waals surface area contributed by atoms with Gasteiger partial charge in [0.1, 0.15) is 5.82 Å². The number of rotatable bonds is 4. The van der Waals surface area contributed by atoms with Crippen molar-refractivity contribution in [3.63, 3.8) is 0 Å². The summed E-state index contributed by atoms with van der Waals surface area (Å²) in [5.74, 6) is -5.55. The first-order chi connectivity index (χ1) is 9.18. The third-order valence-electron chi connectivity index (χ3n) is 2.86. The van der Waals surface area contributed by atoms with Gasteiger partial charge in [-0.25, -0.2) is 4.39 Å². The van der Waals surface area contributed by atoms with Crippen LogP contribution in [0.4, 0.5) is 17.6 Å². The largest absolute Gasteiger partial charge is 0.466 e. The normalized spacial score (nSPS) is 14.8. The minimum Gasteiger partial charge on any atom is -0.466 e. The monoisotopic (exact) mass is 312 g/mol. The molecular formula is C13H13ClF4O2. The van der Waals surface area contributed by atoms with Crippen LogP contribution in [0.15, 0.2) is 18.2 Å². The Balaban J connectivity index is 3.22. The molecule has 0 radical (unpaired) electrons. The molecule has 0 spiro atoms. The van der Waals surface area contributed by atoms with Gasteiger partial charge in [-0.15, -0.1) is 0 Å². The summed E-state index contributed by atoms with van der Waals surface area (Å²) in [6, 6.07) is 3.13. The van der Waals surface area contributed by atoms with Gasteiger partial charge < -0.3 is 4.74 Å². The van der Waals surface area contributed by atoms with Gasteiger partial charge in [-0.2, -0.15) is 13.2 Å². The van der Waals surface area contributed by atoms with Gasteiger partial charge in [0.15, 0.2) is 0 Å². The van der Waals surface area contributed by atoms with E-state index < -0.39 is 29.8 Å². The Bertz CT molecular complexity index is 488. The molecule has 1 unspecified atom stereocenters. The molecule has 112 valence electrons. The lowest BCUT2D eigenvalue weighted by Crippen LogP contribution is -2.32. The molecule has 0 saturated carbocycles. The second-order valence-corrected chi connectivity index (χ2v) is 4.64. The summed E-state index contributed by atoms with van der Waals surface area (Å²) in [5.41, 5.74) is -0.116. The number of esters is 1. The molecule has 0 fully saturated rings. The van der Waals surface area contributed by atoms with Gasteiger partial charge in [0.25, 0.3) is 0 Å². The minimum absolute atomic E-state index is 0.0595. The number of alkyl halides is 3. The van der Waals surface area contributed by atoms with Crippen molar-refractivity contribution in [3.8, 4) is 0 Å². The Morgan fingerprint density at radius 2 is 2.00 bits per heavy atom. The molecule has 2 atom stereocenters. The molecule has 0 aromatic heterocycles. The first-order valence-electron chi connectivity index (χ1n) is 5.86. The number of carbonyl (C=O) groups is 1. The maximum Gasteiger partial charge on any atom is 0.392 e. The van der Waals surface area contributed by atoms with Crippen molar-refractivity contribution in [3.05, 3.63) is 34.6 Å². The third kappa shape index (κ3) is 3.85. The molecule has 7 heteroatoms. The van der Waals surface area contributed by atoms with E-state index >= 15 is 0 Å². The van der Waals surface area contributed by atoms with Crippen molar-refractivity contribution in [2.24, 2.45) is 5.92 Å². The molecule has 0 aliphatic heterocycles. The molecule has 0 aliphatic rings. The average molecular weight is 313 g/mol. The fraction of sp³-hybridized carbons (Fsp3) is 0.462. The molecule has 0 amide bonds. The summed E-state index contributed by atoms with van der Waals surface area (Å²) in [4.78, 5) is 11.8. The number of hydrogen-bond acceptors (Lipinski definition) is 2. The van der Waals surface area contributed by atoms with Crippen molar-refractivity contribution in [2.45, 2.75) is 25.9 Å². The number of halogens is 5. The van der Waals surface area contributed by atoms with Crippen LogP contribution in [-0.4, -0.2) is 18.8 Å². The van der Waals surface area contributed by atoms with Crippen LogP contribution in [-0.2, 0) is 9.53 Å². The zero-order chi connectivity index (χ0) is 15.5. The van der Waals surface area contributed by atoms with E-state index in [1.165, 1.54) is 13.0 Å². The van der Waals surface area contributed by atoms with Crippen molar-refractivity contribution in [1.29, 1.82) is 0 Å². The highest BCUT2D eigenvalue weighted by atomic mass is 35.5. The molecule has 0 N–H and O–H groups in total. The smallest absolute Gasteiger partial charge is 0.392 e. The van der Waals surface area contributed by atoms with E-state index in [2.05, 4.69) is 4.74 Å². The Morgan fingerprint density at radius 3 is 2.45 bits per heavy atom. The van der Waals surface area contributed by atoms with E-state index in [4.69, 9.17) is 11.6 Å². The summed E-state index contributed by atoms with van der Waals surface area (Å²) in [6.45, 7) is 2.28. The van der Waals surface area contributed by atoms with E-state index in [0.717, 1.165) is 19.1 Å². The molecule has 0 saturated heterocycles. The predicted octanol–water partition coefficient (Wildman–Crippen LogP) is 4.32. The van der Waals surface area contributed by atoms with E-state index in [1.54, 1.807) is 0 Å². The third-order valence-corrected chi connectivity index (χ3v) is 3.17. The predicted molar refractivity (Wildman–Crippen MR) is 66.0 cm³/mol. The van der Waals surface area contributed by atoms with Crippen LogP contribution < -0.4 is 0 Å². The van der Waals surface area contributed by atoms with Crippen LogP contribution in [0.2, 0.25) is 5.02 Å². The lowest BCUT2D eigenvalue weighted by atomic mass is 9.86. The van der Waals surface area contributed by atoms with Crippen molar-refractivity contribution >= 4 is 17.6 Å². The van der Waals surface area contributed by atoms with Gasteiger partial charge in [0.2, 0.25) is 0 Å². The molecule has 0 heterocycles. The minimum atomic E-state index is -4.60. The summed E-state index contributed by atoms with van der Waals surface area (Å²) in [7, 11) is 0. The molecule has 20 heavy (non-hydrogen) atoms. The number of hydrogen-bond donors (Lipinski definition) is 0. The Kier molecular flexibility index (Phi) is 5.39. The van der Waals surface area contributed by atoms with E-state index in [9.17, 15) is 22.4 Å². The molecule has 1 aromatic carbocycles. The van der Waals surface area contributed by atoms with Gasteiger partial charge in [-0.05, 0) is 24.6 Å². The van der Waals surface area contributed by atoms with Crippen molar-refractivity contribution < 1.29 is 27.1 Å². The van der Waals surface area contributed by atoms with E-state index in [-0.39, 0.29) is 17.2 Å². The topological polar surface area (TPSA) is 26.3 Å². The van der Waals surface area contributed by atoms with Crippen LogP contribution in [0.25, 0.3) is 0 Å². The van der Waals surface area contributed by atoms with Crippen LogP contribution in [0.1, 0.15) is 25.3 Å². The lowest BCUT2D eigenvalue weighted by Gasteiger charge is -2.24. The number of carbonyl (C=O) groups excluding carboxylic acids is 1. The van der Waals surface area contributed by atoms with Crippen molar-refractivity contribution in [2.75, 3.05) is 6.61 Å². The highest BCUT2D eigenvalue weighted by Crippen LogP contribution is 2.38. The number of ether oxygens (including phenoxy) is 1. The van der Waals surface area contributed by atoms with Gasteiger partial charge in [0, 0.05) is 0 Å². The second kappa shape index (κ2) is 6.43. The number of benzene rings is 1. The Morgan fingerprint density at radius 1 is 1.40 bits per heavy atom. The zero-order valence-corrected chi connectivity index (χ0v) is 11.6. The first kappa shape index (κ1) is 16.8. The molecular weight excluding hydrogens is 300 g/mol. The van der Waals surface area contributed by atoms with Crippen LogP contribution in [0.3, 0.4) is 0 Å². The SMILES string of the molecule is CCOC(=O)C(c1ccc(Cl)c(F)c1)[C@@H](C)C(F)(F)F. The quantitative estimate of drug-likeness (QED) is 0.611. The lowest BCUT2D eigenvalue weighted by molar-refractivity contribution is -0.185. The fourth-order valence-corrected chi connectivity index (χ4v) is 1.87. The molecule has 0 aliphatic carbocycles. The summed E-state index contributed by atoms with van der Waals surface area (Å²) >= 11 is 5.48. The van der Waals surface area contributed by atoms with Crippen molar-refractivity contribution in [1.82, 2.24) is 0 Å². The highest BCUT2D eigenvalue weighted by Gasteiger charge is 2.45. The Hall–Kier alpha value is -1.30. The van der Waals surface area contributed by atoms with Crippen LogP contribution >= 0.6 is 11.6 Å². The summed E-state index contributed by atoms with van der Waals surface area (Å²) in [6.07, 6.45) is -4.60. The Labute approximate surface area is 118 Å². The van der Waals surface area contributed by atoms with Gasteiger partial charge in [-0.3, -0.25) is 4.79 Å². The van der Waals surface area contributed by atoms with Crippen LogP contribution in [0, 0.1) is 11.7 Å². The van der Waals surface area contributed by atoms with Crippen LogP contribution in [0.5, 0.6) is 0 Å². The standard InChI is InChI=1S/C13H13ClF4O2/c1-3-20-12(19)11(7(2)13(16,17)18)8-4-5-9(14)10(15)6-8/h4-7,11H,3H2,1-2H3/t7-,11?/m1/s1. The second-order valence-electron chi connectivity index (χ2n) is 4.23. The summed E-state index contributed by atoms with van der Waals surface area (Å²) in [5, 5.41) is -0.226. The molecule has 0 bridgehead atoms.